The summed E-state index contributed by atoms with van der Waals surface area (Å²) in [6.45, 7) is 2.05. The van der Waals surface area contributed by atoms with E-state index in [9.17, 15) is 32.7 Å². The highest BCUT2D eigenvalue weighted by molar-refractivity contribution is 8.00. The molecule has 5 N–H and O–H groups in total. The lowest BCUT2D eigenvalue weighted by Crippen LogP contribution is -2.71. The monoisotopic (exact) mass is 555 g/mol. The van der Waals surface area contributed by atoms with Gasteiger partial charge in [-0.15, -0.1) is 23.1 Å². The second-order valence-electron chi connectivity index (χ2n) is 6.78. The zero-order valence-electron chi connectivity index (χ0n) is 18.6. The first-order chi connectivity index (χ1) is 16.8. The Balaban J connectivity index is 0.000000572. The van der Waals surface area contributed by atoms with E-state index in [0.717, 1.165) is 11.3 Å². The van der Waals surface area contributed by atoms with Gasteiger partial charge < -0.3 is 30.8 Å². The van der Waals surface area contributed by atoms with Gasteiger partial charge in [-0.3, -0.25) is 14.5 Å². The van der Waals surface area contributed by atoms with Crippen molar-refractivity contribution in [2.75, 3.05) is 31.8 Å². The van der Waals surface area contributed by atoms with Gasteiger partial charge in [0.25, 0.3) is 11.8 Å². The molecular formula is C18H20F3N5O8S2. The highest BCUT2D eigenvalue weighted by atomic mass is 32.2. The third-order valence-electron chi connectivity index (χ3n) is 4.36. The number of nitrogens with zero attached hydrogens (tertiary/aromatic N) is 3. The number of carbonyl (C=O) groups excluding carboxylic acids is 2. The lowest BCUT2D eigenvalue weighted by molar-refractivity contribution is -0.192. The van der Waals surface area contributed by atoms with Crippen LogP contribution in [0.15, 0.2) is 21.8 Å². The fourth-order valence-corrected chi connectivity index (χ4v) is 4.78. The number of ether oxygens (including phenoxy) is 1. The van der Waals surface area contributed by atoms with Crippen LogP contribution in [-0.2, 0) is 28.8 Å². The Morgan fingerprint density at radius 2 is 2.00 bits per heavy atom. The van der Waals surface area contributed by atoms with Crippen LogP contribution >= 0.6 is 23.1 Å². The number of nitrogens with two attached hydrogens (primary N) is 1. The van der Waals surface area contributed by atoms with E-state index >= 15 is 0 Å². The maximum absolute atomic E-state index is 12.7. The highest BCUT2D eigenvalue weighted by Crippen LogP contribution is 2.40. The SMILES string of the molecule is CCON=C(C(=O)NC1C(=O)N2C(C(=O)O)=C(COC)CS[C@@H]12)c1csc(N)n1.O=C(O)C(F)(F)F. The number of nitrogen functional groups attached to an aromatic ring is 1. The summed E-state index contributed by atoms with van der Waals surface area (Å²) in [6, 6.07) is -0.895. The lowest BCUT2D eigenvalue weighted by Gasteiger charge is -2.49. The molecule has 13 nitrogen and oxygen atoms in total. The third-order valence-corrected chi connectivity index (χ3v) is 6.38. The zero-order valence-corrected chi connectivity index (χ0v) is 20.2. The quantitative estimate of drug-likeness (QED) is 0.198. The largest absolute Gasteiger partial charge is 0.490 e. The average molecular weight is 556 g/mol. The molecule has 1 aromatic heterocycles. The minimum Gasteiger partial charge on any atom is -0.477 e. The van der Waals surface area contributed by atoms with E-state index in [-0.39, 0.29) is 35.4 Å². The first-order valence-corrected chi connectivity index (χ1v) is 11.7. The van der Waals surface area contributed by atoms with Gasteiger partial charge >= 0.3 is 18.1 Å². The van der Waals surface area contributed by atoms with E-state index in [1.807, 2.05) is 0 Å². The molecule has 1 unspecified atom stereocenters. The number of hydrogen-bond acceptors (Lipinski definition) is 11. The Hall–Kier alpha value is -3.38. The number of fused-ring (bicyclic) bond motifs is 1. The second kappa shape index (κ2) is 12.0. The number of β-lactam (4-membered cyclic amide) rings is 1. The Kier molecular flexibility index (Phi) is 9.65. The standard InChI is InChI=1S/C16H19N5O6S2.C2HF3O2/c1-3-27-20-9(8-6-29-16(17)18-8)12(22)19-10-13(23)21-11(15(24)25)7(4-26-2)5-28-14(10)21;3-2(4,5)1(6)7/h6,10,14H,3-5H2,1-2H3,(H2,17,18)(H,19,22)(H,24,25);(H,6,7)/t10?,14-;/m0./s1. The predicted molar refractivity (Wildman–Crippen MR) is 120 cm³/mol. The summed E-state index contributed by atoms with van der Waals surface area (Å²) in [6.07, 6.45) is -5.08. The molecule has 0 aliphatic carbocycles. The highest BCUT2D eigenvalue weighted by Gasteiger charge is 2.54. The summed E-state index contributed by atoms with van der Waals surface area (Å²) in [5.41, 5.74) is 6.15. The van der Waals surface area contributed by atoms with Crippen molar-refractivity contribution < 1.29 is 52.1 Å². The molecule has 2 atom stereocenters. The molecule has 1 saturated heterocycles. The van der Waals surface area contributed by atoms with Gasteiger partial charge in [0.15, 0.2) is 10.8 Å². The molecule has 3 heterocycles. The Labute approximate surface area is 209 Å². The smallest absolute Gasteiger partial charge is 0.477 e. The first-order valence-electron chi connectivity index (χ1n) is 9.74. The minimum atomic E-state index is -5.08. The molecule has 198 valence electrons. The Morgan fingerprint density at radius 3 is 2.47 bits per heavy atom. The van der Waals surface area contributed by atoms with E-state index in [2.05, 4.69) is 15.5 Å². The van der Waals surface area contributed by atoms with Gasteiger partial charge in [0.2, 0.25) is 0 Å². The summed E-state index contributed by atoms with van der Waals surface area (Å²) in [7, 11) is 1.45. The predicted octanol–water partition coefficient (Wildman–Crippen LogP) is 0.484. The summed E-state index contributed by atoms with van der Waals surface area (Å²) >= 11 is 2.49. The van der Waals surface area contributed by atoms with Gasteiger partial charge in [0.1, 0.15) is 29.4 Å². The molecule has 0 saturated carbocycles. The topological polar surface area (TPSA) is 194 Å². The Morgan fingerprint density at radius 1 is 1.36 bits per heavy atom. The normalized spacial score (nSPS) is 19.5. The molecule has 2 aliphatic rings. The van der Waals surface area contributed by atoms with Crippen LogP contribution in [0.2, 0.25) is 0 Å². The zero-order chi connectivity index (χ0) is 27.2. The van der Waals surface area contributed by atoms with E-state index in [1.165, 1.54) is 23.8 Å². The van der Waals surface area contributed by atoms with Gasteiger partial charge in [-0.1, -0.05) is 5.16 Å². The summed E-state index contributed by atoms with van der Waals surface area (Å²) in [4.78, 5) is 56.1. The maximum atomic E-state index is 12.7. The molecule has 36 heavy (non-hydrogen) atoms. The molecule has 0 spiro atoms. The van der Waals surface area contributed by atoms with Crippen molar-refractivity contribution in [3.63, 3.8) is 0 Å². The number of alkyl halides is 3. The van der Waals surface area contributed by atoms with Crippen LogP contribution < -0.4 is 11.1 Å². The summed E-state index contributed by atoms with van der Waals surface area (Å²) < 4.78 is 36.8. The van der Waals surface area contributed by atoms with Crippen molar-refractivity contribution in [3.8, 4) is 0 Å². The number of thioether (sulfide) groups is 1. The van der Waals surface area contributed by atoms with Crippen LogP contribution in [0.25, 0.3) is 0 Å². The van der Waals surface area contributed by atoms with Crippen molar-refractivity contribution in [2.24, 2.45) is 5.16 Å². The number of oxime groups is 1. The number of carboxylic acid groups (broad SMARTS) is 2. The number of methoxy groups -OCH3 is 1. The van der Waals surface area contributed by atoms with Crippen LogP contribution in [0.5, 0.6) is 0 Å². The maximum Gasteiger partial charge on any atom is 0.490 e. The summed E-state index contributed by atoms with van der Waals surface area (Å²) in [5.74, 6) is -4.77. The number of carboxylic acids is 2. The second-order valence-corrected chi connectivity index (χ2v) is 8.78. The Bertz CT molecular complexity index is 1090. The molecule has 18 heteroatoms. The lowest BCUT2D eigenvalue weighted by atomic mass is 10.0. The van der Waals surface area contributed by atoms with Gasteiger partial charge in [-0.2, -0.15) is 13.2 Å². The number of aliphatic carboxylic acids is 2. The summed E-state index contributed by atoms with van der Waals surface area (Å²) in [5, 5.41) is 24.3. The molecule has 1 fully saturated rings. The van der Waals surface area contributed by atoms with Crippen LogP contribution in [0.3, 0.4) is 0 Å². The molecule has 3 rings (SSSR count). The number of hydrogen-bond donors (Lipinski definition) is 4. The fourth-order valence-electron chi connectivity index (χ4n) is 2.91. The van der Waals surface area contributed by atoms with E-state index in [1.54, 1.807) is 12.3 Å². The number of thiazole rings is 1. The van der Waals surface area contributed by atoms with Crippen LogP contribution in [0.1, 0.15) is 12.6 Å². The number of nitrogens with one attached hydrogen (secondary N) is 1. The van der Waals surface area contributed by atoms with Crippen molar-refractivity contribution in [3.05, 3.63) is 22.3 Å². The number of rotatable bonds is 8. The van der Waals surface area contributed by atoms with E-state index < -0.39 is 41.3 Å². The van der Waals surface area contributed by atoms with Crippen LogP contribution in [0, 0.1) is 0 Å². The van der Waals surface area contributed by atoms with Crippen LogP contribution in [0.4, 0.5) is 18.3 Å². The fraction of sp³-hybridized carbons (Fsp3) is 0.444. The van der Waals surface area contributed by atoms with Crippen molar-refractivity contribution >= 4 is 57.7 Å². The van der Waals surface area contributed by atoms with Gasteiger partial charge in [-0.25, -0.2) is 14.6 Å². The average Bonchev–Trinajstić information content (AvgIpc) is 3.23. The first kappa shape index (κ1) is 28.9. The molecule has 1 aromatic rings. The van der Waals surface area contributed by atoms with Crippen LogP contribution in [-0.4, -0.2) is 93.2 Å². The van der Waals surface area contributed by atoms with Gasteiger partial charge in [-0.05, 0) is 12.5 Å². The molecule has 0 bridgehead atoms. The third kappa shape index (κ3) is 6.64. The minimum absolute atomic E-state index is 0.0958. The van der Waals surface area contributed by atoms with Crippen molar-refractivity contribution in [1.29, 1.82) is 0 Å². The molecule has 0 aromatic carbocycles. The van der Waals surface area contributed by atoms with Gasteiger partial charge in [0, 0.05) is 18.2 Å². The number of anilines is 1. The van der Waals surface area contributed by atoms with Crippen molar-refractivity contribution in [1.82, 2.24) is 15.2 Å². The molecule has 2 amide bonds. The number of amides is 2. The molecular weight excluding hydrogens is 535 g/mol. The van der Waals surface area contributed by atoms with E-state index in [0.29, 0.717) is 11.3 Å². The molecule has 0 radical (unpaired) electrons. The van der Waals surface area contributed by atoms with Gasteiger partial charge in [0.05, 0.1) is 6.61 Å². The number of carbonyl (C=O) groups is 4. The number of aromatic nitrogens is 1. The molecule has 2 aliphatic heterocycles. The van der Waals surface area contributed by atoms with Crippen molar-refractivity contribution in [2.45, 2.75) is 24.5 Å². The number of halogens is 3. The van der Waals surface area contributed by atoms with E-state index in [4.69, 9.17) is 25.2 Å².